The fourth-order valence-electron chi connectivity index (χ4n) is 2.10. The summed E-state index contributed by atoms with van der Waals surface area (Å²) in [6, 6.07) is 5.96. The van der Waals surface area contributed by atoms with Crippen LogP contribution in [-0.4, -0.2) is 18.3 Å². The quantitative estimate of drug-likeness (QED) is 0.916. The van der Waals surface area contributed by atoms with Gasteiger partial charge in [-0.2, -0.15) is 0 Å². The maximum Gasteiger partial charge on any atom is 0.133 e. The summed E-state index contributed by atoms with van der Waals surface area (Å²) in [4.78, 5) is 0. The second kappa shape index (κ2) is 3.80. The van der Waals surface area contributed by atoms with Crippen molar-refractivity contribution in [3.05, 3.63) is 28.2 Å². The fraction of sp³-hybridized carbons (Fsp3) is 0.500. The average molecular weight is 271 g/mol. The van der Waals surface area contributed by atoms with Gasteiger partial charge in [0.15, 0.2) is 0 Å². The minimum atomic E-state index is -0.305. The summed E-state index contributed by atoms with van der Waals surface area (Å²) in [6.45, 7) is 1.86. The van der Waals surface area contributed by atoms with Crippen molar-refractivity contribution in [3.8, 4) is 5.75 Å². The van der Waals surface area contributed by atoms with Gasteiger partial charge in [-0.1, -0.05) is 12.1 Å². The molecule has 1 atom stereocenters. The molecule has 0 aromatic heterocycles. The fourth-order valence-corrected chi connectivity index (χ4v) is 2.92. The van der Waals surface area contributed by atoms with Crippen LogP contribution in [0.5, 0.6) is 5.75 Å². The molecule has 0 saturated heterocycles. The molecule has 1 saturated carbocycles. The first kappa shape index (κ1) is 11.0. The molecule has 0 heterocycles. The highest BCUT2D eigenvalue weighted by molar-refractivity contribution is 9.10. The molecular weight excluding hydrogens is 256 g/mol. The lowest BCUT2D eigenvalue weighted by Crippen LogP contribution is -2.23. The summed E-state index contributed by atoms with van der Waals surface area (Å²) in [5.74, 6) is 0.833. The third-order valence-corrected chi connectivity index (χ3v) is 4.13. The van der Waals surface area contributed by atoms with Crippen LogP contribution < -0.4 is 4.74 Å². The number of rotatable bonds is 3. The van der Waals surface area contributed by atoms with Gasteiger partial charge in [-0.05, 0) is 47.3 Å². The summed E-state index contributed by atoms with van der Waals surface area (Å²) in [5, 5.41) is 9.82. The van der Waals surface area contributed by atoms with E-state index in [1.54, 1.807) is 7.11 Å². The molecule has 1 aromatic rings. The van der Waals surface area contributed by atoms with Crippen molar-refractivity contribution >= 4 is 15.9 Å². The zero-order valence-corrected chi connectivity index (χ0v) is 10.5. The number of methoxy groups -OCH3 is 1. The molecular formula is C12H15BrO2. The molecule has 1 unspecified atom stereocenters. The lowest BCUT2D eigenvalue weighted by atomic mass is 9.91. The Morgan fingerprint density at radius 1 is 1.47 bits per heavy atom. The summed E-state index contributed by atoms with van der Waals surface area (Å²) < 4.78 is 6.24. The van der Waals surface area contributed by atoms with Crippen LogP contribution in [0.1, 0.15) is 25.3 Å². The van der Waals surface area contributed by atoms with E-state index in [-0.39, 0.29) is 11.5 Å². The van der Waals surface area contributed by atoms with Gasteiger partial charge in [0.1, 0.15) is 5.75 Å². The Balaban J connectivity index is 2.45. The van der Waals surface area contributed by atoms with E-state index in [2.05, 4.69) is 22.0 Å². The largest absolute Gasteiger partial charge is 0.496 e. The zero-order valence-electron chi connectivity index (χ0n) is 8.96. The van der Waals surface area contributed by atoms with Crippen LogP contribution in [0, 0.1) is 0 Å². The smallest absolute Gasteiger partial charge is 0.133 e. The van der Waals surface area contributed by atoms with Crippen LogP contribution in [0.4, 0.5) is 0 Å². The molecule has 0 radical (unpaired) electrons. The first-order valence-electron chi connectivity index (χ1n) is 5.13. The second-order valence-electron chi connectivity index (χ2n) is 4.15. The third kappa shape index (κ3) is 1.68. The van der Waals surface area contributed by atoms with Gasteiger partial charge >= 0.3 is 0 Å². The number of aliphatic hydroxyl groups is 1. The van der Waals surface area contributed by atoms with Crippen molar-refractivity contribution in [1.29, 1.82) is 0 Å². The number of halogens is 1. The molecule has 1 aromatic carbocycles. The van der Waals surface area contributed by atoms with Gasteiger partial charge in [0.05, 0.1) is 17.7 Å². The Bertz CT molecular complexity index is 370. The Morgan fingerprint density at radius 2 is 2.13 bits per heavy atom. The van der Waals surface area contributed by atoms with Gasteiger partial charge in [0, 0.05) is 5.41 Å². The molecule has 1 aliphatic carbocycles. The van der Waals surface area contributed by atoms with Crippen molar-refractivity contribution in [2.45, 2.75) is 31.3 Å². The third-order valence-electron chi connectivity index (χ3n) is 3.31. The SMILES string of the molecule is COc1cccc(C2(C(C)O)CC2)c1Br. The predicted molar refractivity (Wildman–Crippen MR) is 63.3 cm³/mol. The highest BCUT2D eigenvalue weighted by Gasteiger charge is 2.49. The average Bonchev–Trinajstić information content (AvgIpc) is 2.99. The zero-order chi connectivity index (χ0) is 11.1. The van der Waals surface area contributed by atoms with Gasteiger partial charge in [0.2, 0.25) is 0 Å². The molecule has 1 fully saturated rings. The predicted octanol–water partition coefficient (Wildman–Crippen LogP) is 2.87. The lowest BCUT2D eigenvalue weighted by molar-refractivity contribution is 0.150. The molecule has 15 heavy (non-hydrogen) atoms. The van der Waals surface area contributed by atoms with Crippen molar-refractivity contribution in [2.75, 3.05) is 7.11 Å². The first-order chi connectivity index (χ1) is 7.12. The molecule has 2 rings (SSSR count). The van der Waals surface area contributed by atoms with Crippen LogP contribution in [-0.2, 0) is 5.41 Å². The minimum absolute atomic E-state index is 0.0482. The summed E-state index contributed by atoms with van der Waals surface area (Å²) in [5.41, 5.74) is 1.12. The Morgan fingerprint density at radius 3 is 2.60 bits per heavy atom. The van der Waals surface area contributed by atoms with Crippen LogP contribution in [0.2, 0.25) is 0 Å². The standard InChI is InChI=1S/C12H15BrO2/c1-8(14)12(6-7-12)9-4-3-5-10(15-2)11(9)13/h3-5,8,14H,6-7H2,1-2H3. The normalized spacial score (nSPS) is 19.7. The summed E-state index contributed by atoms with van der Waals surface area (Å²) >= 11 is 3.55. The highest BCUT2D eigenvalue weighted by atomic mass is 79.9. The Kier molecular flexibility index (Phi) is 2.77. The molecule has 82 valence electrons. The molecule has 0 aliphatic heterocycles. The van der Waals surface area contributed by atoms with Crippen molar-refractivity contribution in [3.63, 3.8) is 0 Å². The van der Waals surface area contributed by atoms with E-state index < -0.39 is 0 Å². The van der Waals surface area contributed by atoms with Crippen LogP contribution in [0.3, 0.4) is 0 Å². The van der Waals surface area contributed by atoms with E-state index in [9.17, 15) is 5.11 Å². The minimum Gasteiger partial charge on any atom is -0.496 e. The van der Waals surface area contributed by atoms with Gasteiger partial charge in [0.25, 0.3) is 0 Å². The van der Waals surface area contributed by atoms with Crippen LogP contribution in [0.15, 0.2) is 22.7 Å². The molecule has 1 aliphatic rings. The monoisotopic (exact) mass is 270 g/mol. The van der Waals surface area contributed by atoms with Crippen molar-refractivity contribution in [1.82, 2.24) is 0 Å². The number of aliphatic hydroxyl groups excluding tert-OH is 1. The topological polar surface area (TPSA) is 29.5 Å². The number of benzene rings is 1. The van der Waals surface area contributed by atoms with Gasteiger partial charge in [-0.3, -0.25) is 0 Å². The van der Waals surface area contributed by atoms with Crippen molar-refractivity contribution in [2.24, 2.45) is 0 Å². The Hall–Kier alpha value is -0.540. The van der Waals surface area contributed by atoms with E-state index in [0.29, 0.717) is 0 Å². The second-order valence-corrected chi connectivity index (χ2v) is 4.95. The molecule has 0 amide bonds. The molecule has 2 nitrogen and oxygen atoms in total. The van der Waals surface area contributed by atoms with E-state index in [0.717, 1.165) is 28.6 Å². The van der Waals surface area contributed by atoms with Crippen LogP contribution in [0.25, 0.3) is 0 Å². The van der Waals surface area contributed by atoms with E-state index >= 15 is 0 Å². The first-order valence-corrected chi connectivity index (χ1v) is 5.92. The maximum atomic E-state index is 9.82. The van der Waals surface area contributed by atoms with E-state index in [1.165, 1.54) is 0 Å². The summed E-state index contributed by atoms with van der Waals surface area (Å²) in [7, 11) is 1.66. The molecule has 0 spiro atoms. The van der Waals surface area contributed by atoms with Gasteiger partial charge in [-0.25, -0.2) is 0 Å². The number of hydrogen-bond acceptors (Lipinski definition) is 2. The molecule has 1 N–H and O–H groups in total. The summed E-state index contributed by atoms with van der Waals surface area (Å²) in [6.07, 6.45) is 1.80. The van der Waals surface area contributed by atoms with Gasteiger partial charge < -0.3 is 9.84 Å². The van der Waals surface area contributed by atoms with E-state index in [4.69, 9.17) is 4.74 Å². The van der Waals surface area contributed by atoms with Crippen molar-refractivity contribution < 1.29 is 9.84 Å². The van der Waals surface area contributed by atoms with Crippen LogP contribution >= 0.6 is 15.9 Å². The number of ether oxygens (including phenoxy) is 1. The molecule has 3 heteroatoms. The van der Waals surface area contributed by atoms with E-state index in [1.807, 2.05) is 19.1 Å². The number of hydrogen-bond donors (Lipinski definition) is 1. The lowest BCUT2D eigenvalue weighted by Gasteiger charge is -2.21. The van der Waals surface area contributed by atoms with Gasteiger partial charge in [-0.15, -0.1) is 0 Å². The molecule has 0 bridgehead atoms. The Labute approximate surface area is 98.4 Å². The highest BCUT2D eigenvalue weighted by Crippen LogP contribution is 2.54. The maximum absolute atomic E-state index is 9.82.